The van der Waals surface area contributed by atoms with E-state index in [-0.39, 0.29) is 6.03 Å². The number of urea groups is 1. The molecule has 0 bridgehead atoms. The summed E-state index contributed by atoms with van der Waals surface area (Å²) in [4.78, 5) is 16.2. The number of hydrogen-bond donors (Lipinski definition) is 1. The first kappa shape index (κ1) is 15.6. The van der Waals surface area contributed by atoms with Crippen LogP contribution in [0, 0.1) is 5.92 Å². The minimum atomic E-state index is 0.116. The lowest BCUT2D eigenvalue weighted by molar-refractivity contribution is 0.0713. The molecule has 0 aromatic carbocycles. The van der Waals surface area contributed by atoms with E-state index in [0.29, 0.717) is 12.0 Å². The third-order valence-electron chi connectivity index (χ3n) is 4.20. The highest BCUT2D eigenvalue weighted by atomic mass is 16.5. The van der Waals surface area contributed by atoms with Crippen LogP contribution < -0.4 is 5.32 Å². The van der Waals surface area contributed by atoms with Crippen molar-refractivity contribution in [2.24, 2.45) is 5.92 Å². The van der Waals surface area contributed by atoms with Crippen LogP contribution in [0.25, 0.3) is 0 Å². The van der Waals surface area contributed by atoms with Gasteiger partial charge in [-0.3, -0.25) is 4.90 Å². The Hall–Kier alpha value is -0.810. The summed E-state index contributed by atoms with van der Waals surface area (Å²) in [6.45, 7) is 10.9. The van der Waals surface area contributed by atoms with E-state index in [1.807, 2.05) is 4.90 Å². The van der Waals surface area contributed by atoms with E-state index in [4.69, 9.17) is 4.74 Å². The van der Waals surface area contributed by atoms with E-state index < -0.39 is 0 Å². The van der Waals surface area contributed by atoms with Gasteiger partial charge in [0.25, 0.3) is 0 Å². The average molecular weight is 283 g/mol. The van der Waals surface area contributed by atoms with Crippen molar-refractivity contribution in [1.82, 2.24) is 15.1 Å². The summed E-state index contributed by atoms with van der Waals surface area (Å²) in [7, 11) is 0. The average Bonchev–Trinajstić information content (AvgIpc) is 2.85. The molecule has 2 heterocycles. The predicted octanol–water partition coefficient (Wildman–Crippen LogP) is 1.54. The Balaban J connectivity index is 1.64. The molecule has 0 aromatic rings. The molecule has 5 nitrogen and oxygen atoms in total. The van der Waals surface area contributed by atoms with Crippen molar-refractivity contribution < 1.29 is 9.53 Å². The Bertz CT molecular complexity index is 309. The molecule has 0 spiro atoms. The fourth-order valence-corrected chi connectivity index (χ4v) is 2.94. The quantitative estimate of drug-likeness (QED) is 0.721. The third kappa shape index (κ3) is 4.63. The van der Waals surface area contributed by atoms with Crippen molar-refractivity contribution >= 4 is 6.03 Å². The van der Waals surface area contributed by atoms with Crippen molar-refractivity contribution in [1.29, 1.82) is 0 Å². The molecule has 1 atom stereocenters. The minimum absolute atomic E-state index is 0.116. The maximum atomic E-state index is 11.7. The SMILES string of the molecule is CC(C)CCOCCN1CCCC(N2CCNC2=O)C1. The van der Waals surface area contributed by atoms with Gasteiger partial charge in [0.15, 0.2) is 0 Å². The van der Waals surface area contributed by atoms with Crippen molar-refractivity contribution in [3.8, 4) is 0 Å². The molecule has 2 fully saturated rings. The van der Waals surface area contributed by atoms with Gasteiger partial charge in [-0.2, -0.15) is 0 Å². The maximum absolute atomic E-state index is 11.7. The zero-order valence-corrected chi connectivity index (χ0v) is 12.9. The molecule has 2 amide bonds. The number of piperidine rings is 1. The highest BCUT2D eigenvalue weighted by Crippen LogP contribution is 2.17. The Morgan fingerprint density at radius 3 is 2.90 bits per heavy atom. The molecule has 1 unspecified atom stereocenters. The van der Waals surface area contributed by atoms with E-state index in [1.54, 1.807) is 0 Å². The number of ether oxygens (including phenoxy) is 1. The van der Waals surface area contributed by atoms with Gasteiger partial charge in [-0.05, 0) is 31.7 Å². The molecule has 20 heavy (non-hydrogen) atoms. The van der Waals surface area contributed by atoms with E-state index in [9.17, 15) is 4.79 Å². The van der Waals surface area contributed by atoms with Crippen LogP contribution in [0.1, 0.15) is 33.1 Å². The molecule has 2 aliphatic rings. The van der Waals surface area contributed by atoms with E-state index in [0.717, 1.165) is 58.8 Å². The van der Waals surface area contributed by atoms with Crippen molar-refractivity contribution in [3.63, 3.8) is 0 Å². The topological polar surface area (TPSA) is 44.8 Å². The number of likely N-dealkylation sites (tertiary alicyclic amines) is 1. The third-order valence-corrected chi connectivity index (χ3v) is 4.20. The van der Waals surface area contributed by atoms with Crippen molar-refractivity contribution in [3.05, 3.63) is 0 Å². The molecule has 2 saturated heterocycles. The molecule has 1 N–H and O–H groups in total. The van der Waals surface area contributed by atoms with Crippen LogP contribution in [0.5, 0.6) is 0 Å². The summed E-state index contributed by atoms with van der Waals surface area (Å²) in [6.07, 6.45) is 3.45. The van der Waals surface area contributed by atoms with Crippen LogP contribution in [0.2, 0.25) is 0 Å². The number of hydrogen-bond acceptors (Lipinski definition) is 3. The van der Waals surface area contributed by atoms with Crippen molar-refractivity contribution in [2.45, 2.75) is 39.2 Å². The van der Waals surface area contributed by atoms with Crippen LogP contribution in [0.15, 0.2) is 0 Å². The van der Waals surface area contributed by atoms with Gasteiger partial charge in [0.1, 0.15) is 0 Å². The van der Waals surface area contributed by atoms with Gasteiger partial charge in [0, 0.05) is 38.8 Å². The van der Waals surface area contributed by atoms with Gasteiger partial charge in [-0.15, -0.1) is 0 Å². The first-order chi connectivity index (χ1) is 9.66. The molecule has 0 radical (unpaired) electrons. The van der Waals surface area contributed by atoms with Crippen LogP contribution in [0.4, 0.5) is 4.79 Å². The first-order valence-corrected chi connectivity index (χ1v) is 8.01. The monoisotopic (exact) mass is 283 g/mol. The lowest BCUT2D eigenvalue weighted by Crippen LogP contribution is -2.49. The van der Waals surface area contributed by atoms with Gasteiger partial charge in [0.05, 0.1) is 6.61 Å². The first-order valence-electron chi connectivity index (χ1n) is 8.01. The fraction of sp³-hybridized carbons (Fsp3) is 0.933. The molecule has 0 aliphatic carbocycles. The highest BCUT2D eigenvalue weighted by molar-refractivity contribution is 5.76. The van der Waals surface area contributed by atoms with Gasteiger partial charge >= 0.3 is 6.03 Å². The molecule has 116 valence electrons. The Kier molecular flexibility index (Phi) is 6.10. The number of rotatable bonds is 7. The number of amides is 2. The van der Waals surface area contributed by atoms with E-state index in [1.165, 1.54) is 6.42 Å². The number of nitrogens with zero attached hydrogens (tertiary/aromatic N) is 2. The van der Waals surface area contributed by atoms with Gasteiger partial charge in [0.2, 0.25) is 0 Å². The van der Waals surface area contributed by atoms with Crippen LogP contribution in [-0.2, 0) is 4.74 Å². The second kappa shape index (κ2) is 7.84. The largest absolute Gasteiger partial charge is 0.380 e. The standard InChI is InChI=1S/C15H29N3O2/c1-13(2)5-10-20-11-9-17-7-3-4-14(12-17)18-8-6-16-15(18)19/h13-14H,3-12H2,1-2H3,(H,16,19). The molecule has 0 aromatic heterocycles. The lowest BCUT2D eigenvalue weighted by atomic mass is 10.0. The molecule has 5 heteroatoms. The minimum Gasteiger partial charge on any atom is -0.380 e. The Labute approximate surface area is 122 Å². The molecule has 2 aliphatic heterocycles. The zero-order chi connectivity index (χ0) is 14.4. The van der Waals surface area contributed by atoms with Gasteiger partial charge < -0.3 is 15.0 Å². The molecule has 0 saturated carbocycles. The number of nitrogens with one attached hydrogen (secondary N) is 1. The number of carbonyl (C=O) groups excluding carboxylic acids is 1. The van der Waals surface area contributed by atoms with Crippen LogP contribution in [0.3, 0.4) is 0 Å². The van der Waals surface area contributed by atoms with Crippen LogP contribution >= 0.6 is 0 Å². The van der Waals surface area contributed by atoms with Crippen molar-refractivity contribution in [2.75, 3.05) is 45.9 Å². The summed E-state index contributed by atoms with van der Waals surface area (Å²) in [5, 5.41) is 2.90. The van der Waals surface area contributed by atoms with Gasteiger partial charge in [-0.1, -0.05) is 13.8 Å². The maximum Gasteiger partial charge on any atom is 0.317 e. The smallest absolute Gasteiger partial charge is 0.317 e. The van der Waals surface area contributed by atoms with Gasteiger partial charge in [-0.25, -0.2) is 4.79 Å². The summed E-state index contributed by atoms with van der Waals surface area (Å²) in [5.41, 5.74) is 0. The zero-order valence-electron chi connectivity index (χ0n) is 12.9. The molecular weight excluding hydrogens is 254 g/mol. The van der Waals surface area contributed by atoms with Crippen LogP contribution in [-0.4, -0.2) is 67.8 Å². The highest BCUT2D eigenvalue weighted by Gasteiger charge is 2.30. The molecule has 2 rings (SSSR count). The predicted molar refractivity (Wildman–Crippen MR) is 79.8 cm³/mol. The Morgan fingerprint density at radius 1 is 1.35 bits per heavy atom. The van der Waals surface area contributed by atoms with E-state index >= 15 is 0 Å². The second-order valence-corrected chi connectivity index (χ2v) is 6.32. The summed E-state index contributed by atoms with van der Waals surface area (Å²) in [6, 6.07) is 0.506. The summed E-state index contributed by atoms with van der Waals surface area (Å²) in [5.74, 6) is 0.711. The summed E-state index contributed by atoms with van der Waals surface area (Å²) < 4.78 is 5.69. The normalized spacial score (nSPS) is 24.4. The lowest BCUT2D eigenvalue weighted by Gasteiger charge is -2.36. The molecular formula is C15H29N3O2. The summed E-state index contributed by atoms with van der Waals surface area (Å²) >= 11 is 0. The second-order valence-electron chi connectivity index (χ2n) is 6.32. The van der Waals surface area contributed by atoms with E-state index in [2.05, 4.69) is 24.1 Å². The fourth-order valence-electron chi connectivity index (χ4n) is 2.94. The Morgan fingerprint density at radius 2 is 2.20 bits per heavy atom. The number of carbonyl (C=O) groups is 1.